The van der Waals surface area contributed by atoms with Gasteiger partial charge in [-0.25, -0.2) is 4.98 Å². The number of rotatable bonds is 5. The van der Waals surface area contributed by atoms with E-state index < -0.39 is 0 Å². The molecule has 1 amide bonds. The minimum atomic E-state index is -0.292. The molecule has 0 unspecified atom stereocenters. The van der Waals surface area contributed by atoms with Gasteiger partial charge in [0.2, 0.25) is 5.91 Å². The van der Waals surface area contributed by atoms with E-state index in [1.54, 1.807) is 11.3 Å². The van der Waals surface area contributed by atoms with Crippen LogP contribution in [0.5, 0.6) is 0 Å². The van der Waals surface area contributed by atoms with E-state index in [-0.39, 0.29) is 5.91 Å². The molecule has 0 aromatic carbocycles. The number of aryl methyl sites for hydroxylation is 1. The van der Waals surface area contributed by atoms with Gasteiger partial charge in [0.15, 0.2) is 5.13 Å². The Balaban J connectivity index is 2.32. The van der Waals surface area contributed by atoms with E-state index >= 15 is 0 Å². The van der Waals surface area contributed by atoms with Gasteiger partial charge in [0.05, 0.1) is 5.69 Å². The molecule has 0 atom stereocenters. The summed E-state index contributed by atoms with van der Waals surface area (Å²) in [5, 5.41) is 5.90. The van der Waals surface area contributed by atoms with Gasteiger partial charge < -0.3 is 11.1 Å². The van der Waals surface area contributed by atoms with Crippen LogP contribution in [0.25, 0.3) is 0 Å². The third-order valence-corrected chi connectivity index (χ3v) is 2.41. The summed E-state index contributed by atoms with van der Waals surface area (Å²) < 4.78 is 0. The minimum absolute atomic E-state index is 0.292. The molecule has 1 aromatic rings. The van der Waals surface area contributed by atoms with Gasteiger partial charge in [-0.2, -0.15) is 0 Å². The number of primary amides is 1. The molecule has 0 radical (unpaired) electrons. The Labute approximate surface area is 81.2 Å². The first kappa shape index (κ1) is 9.98. The summed E-state index contributed by atoms with van der Waals surface area (Å²) in [6.45, 7) is 2.62. The van der Waals surface area contributed by atoms with E-state index in [9.17, 15) is 4.79 Å². The highest BCUT2D eigenvalue weighted by Crippen LogP contribution is 2.15. The molecule has 0 saturated heterocycles. The van der Waals surface area contributed by atoms with Gasteiger partial charge in [0.25, 0.3) is 0 Å². The highest BCUT2D eigenvalue weighted by atomic mass is 32.1. The molecule has 4 nitrogen and oxygen atoms in total. The smallest absolute Gasteiger partial charge is 0.219 e. The lowest BCUT2D eigenvalue weighted by atomic mass is 10.4. The van der Waals surface area contributed by atoms with Crippen LogP contribution in [0, 0.1) is 0 Å². The molecular weight excluding hydrogens is 186 g/mol. The lowest BCUT2D eigenvalue weighted by molar-refractivity contribution is -0.117. The highest BCUT2D eigenvalue weighted by molar-refractivity contribution is 7.13. The molecule has 0 aliphatic carbocycles. The summed E-state index contributed by atoms with van der Waals surface area (Å²) >= 11 is 1.55. The molecule has 72 valence electrons. The van der Waals surface area contributed by atoms with Crippen LogP contribution in [0.4, 0.5) is 5.13 Å². The first-order valence-corrected chi connectivity index (χ1v) is 5.07. The standard InChI is InChI=1S/C8H13N3OS/c1-2-6-5-13-8(11-6)10-4-3-7(9)12/h5H,2-4H2,1H3,(H2,9,12)(H,10,11). The van der Waals surface area contributed by atoms with Crippen molar-refractivity contribution in [3.05, 3.63) is 11.1 Å². The van der Waals surface area contributed by atoms with Gasteiger partial charge >= 0.3 is 0 Å². The number of carbonyl (C=O) groups is 1. The van der Waals surface area contributed by atoms with Gasteiger partial charge in [-0.3, -0.25) is 4.79 Å². The number of amides is 1. The van der Waals surface area contributed by atoms with E-state index in [1.807, 2.05) is 5.38 Å². The molecule has 0 spiro atoms. The molecule has 0 fully saturated rings. The second-order valence-electron chi connectivity index (χ2n) is 2.64. The Morgan fingerprint density at radius 1 is 1.77 bits per heavy atom. The zero-order valence-electron chi connectivity index (χ0n) is 7.54. The minimum Gasteiger partial charge on any atom is -0.370 e. The van der Waals surface area contributed by atoms with Crippen LogP contribution in [-0.4, -0.2) is 17.4 Å². The maximum absolute atomic E-state index is 10.4. The Kier molecular flexibility index (Phi) is 3.70. The summed E-state index contributed by atoms with van der Waals surface area (Å²) in [5.74, 6) is -0.292. The van der Waals surface area contributed by atoms with Crippen molar-refractivity contribution in [3.63, 3.8) is 0 Å². The van der Waals surface area contributed by atoms with Crippen molar-refractivity contribution in [2.75, 3.05) is 11.9 Å². The monoisotopic (exact) mass is 199 g/mol. The molecule has 0 aliphatic rings. The maximum atomic E-state index is 10.4. The number of hydrogen-bond acceptors (Lipinski definition) is 4. The van der Waals surface area contributed by atoms with Crippen molar-refractivity contribution < 1.29 is 4.79 Å². The molecular formula is C8H13N3OS. The summed E-state index contributed by atoms with van der Waals surface area (Å²) in [6.07, 6.45) is 1.29. The largest absolute Gasteiger partial charge is 0.370 e. The molecule has 0 saturated carbocycles. The number of nitrogens with one attached hydrogen (secondary N) is 1. The molecule has 1 heterocycles. The lowest BCUT2D eigenvalue weighted by Gasteiger charge is -1.98. The number of aromatic nitrogens is 1. The molecule has 13 heavy (non-hydrogen) atoms. The van der Waals surface area contributed by atoms with Crippen LogP contribution in [0.3, 0.4) is 0 Å². The van der Waals surface area contributed by atoms with E-state index in [0.717, 1.165) is 17.2 Å². The number of carbonyl (C=O) groups excluding carboxylic acids is 1. The van der Waals surface area contributed by atoms with Gasteiger partial charge in [-0.15, -0.1) is 11.3 Å². The van der Waals surface area contributed by atoms with Crippen molar-refractivity contribution >= 4 is 22.4 Å². The average Bonchev–Trinajstić information content (AvgIpc) is 2.52. The fourth-order valence-electron chi connectivity index (χ4n) is 0.843. The van der Waals surface area contributed by atoms with Gasteiger partial charge in [0, 0.05) is 18.3 Å². The average molecular weight is 199 g/mol. The predicted molar refractivity (Wildman–Crippen MR) is 53.8 cm³/mol. The Morgan fingerprint density at radius 2 is 2.54 bits per heavy atom. The fraction of sp³-hybridized carbons (Fsp3) is 0.500. The Morgan fingerprint density at radius 3 is 3.08 bits per heavy atom. The van der Waals surface area contributed by atoms with Crippen LogP contribution in [0.2, 0.25) is 0 Å². The van der Waals surface area contributed by atoms with E-state index in [2.05, 4.69) is 17.2 Å². The van der Waals surface area contributed by atoms with Crippen molar-refractivity contribution in [2.45, 2.75) is 19.8 Å². The second kappa shape index (κ2) is 4.81. The van der Waals surface area contributed by atoms with Crippen LogP contribution in [0.1, 0.15) is 19.0 Å². The first-order valence-electron chi connectivity index (χ1n) is 4.19. The molecule has 5 heteroatoms. The van der Waals surface area contributed by atoms with Gasteiger partial charge in [-0.05, 0) is 6.42 Å². The van der Waals surface area contributed by atoms with Crippen LogP contribution >= 0.6 is 11.3 Å². The van der Waals surface area contributed by atoms with Gasteiger partial charge in [-0.1, -0.05) is 6.92 Å². The van der Waals surface area contributed by atoms with Crippen LogP contribution < -0.4 is 11.1 Å². The second-order valence-corrected chi connectivity index (χ2v) is 3.50. The number of nitrogens with zero attached hydrogens (tertiary/aromatic N) is 1. The topological polar surface area (TPSA) is 68.0 Å². The van der Waals surface area contributed by atoms with Crippen molar-refractivity contribution in [1.29, 1.82) is 0 Å². The zero-order chi connectivity index (χ0) is 9.68. The first-order chi connectivity index (χ1) is 6.22. The quantitative estimate of drug-likeness (QED) is 0.743. The van der Waals surface area contributed by atoms with Crippen LogP contribution in [-0.2, 0) is 11.2 Å². The maximum Gasteiger partial charge on any atom is 0.219 e. The third kappa shape index (κ3) is 3.42. The fourth-order valence-corrected chi connectivity index (χ4v) is 1.67. The van der Waals surface area contributed by atoms with E-state index in [1.165, 1.54) is 0 Å². The predicted octanol–water partition coefficient (Wildman–Crippen LogP) is 0.993. The summed E-state index contributed by atoms with van der Waals surface area (Å²) in [5.41, 5.74) is 6.07. The van der Waals surface area contributed by atoms with Gasteiger partial charge in [0.1, 0.15) is 0 Å². The normalized spacial score (nSPS) is 9.92. The number of anilines is 1. The molecule has 3 N–H and O–H groups in total. The van der Waals surface area contributed by atoms with Crippen molar-refractivity contribution in [3.8, 4) is 0 Å². The third-order valence-electron chi connectivity index (χ3n) is 1.56. The van der Waals surface area contributed by atoms with E-state index in [4.69, 9.17) is 5.73 Å². The molecule has 0 bridgehead atoms. The molecule has 1 aromatic heterocycles. The Hall–Kier alpha value is -1.10. The summed E-state index contributed by atoms with van der Waals surface area (Å²) in [4.78, 5) is 14.7. The number of nitrogens with two attached hydrogens (primary N) is 1. The number of hydrogen-bond donors (Lipinski definition) is 2. The van der Waals surface area contributed by atoms with E-state index in [0.29, 0.717) is 13.0 Å². The van der Waals surface area contributed by atoms with Crippen molar-refractivity contribution in [1.82, 2.24) is 4.98 Å². The lowest BCUT2D eigenvalue weighted by Crippen LogP contribution is -2.15. The Bertz CT molecular complexity index is 285. The molecule has 1 rings (SSSR count). The SMILES string of the molecule is CCc1csc(NCCC(N)=O)n1. The number of thiazole rings is 1. The highest BCUT2D eigenvalue weighted by Gasteiger charge is 1.99. The molecule has 0 aliphatic heterocycles. The zero-order valence-corrected chi connectivity index (χ0v) is 8.36. The van der Waals surface area contributed by atoms with Crippen molar-refractivity contribution in [2.24, 2.45) is 5.73 Å². The summed E-state index contributed by atoms with van der Waals surface area (Å²) in [7, 11) is 0. The van der Waals surface area contributed by atoms with Crippen LogP contribution in [0.15, 0.2) is 5.38 Å². The summed E-state index contributed by atoms with van der Waals surface area (Å²) in [6, 6.07) is 0.